The maximum atomic E-state index is 12.1. The zero-order valence-electron chi connectivity index (χ0n) is 14.5. The van der Waals surface area contributed by atoms with Crippen molar-refractivity contribution in [3.8, 4) is 5.75 Å². The monoisotopic (exact) mass is 388 g/mol. The topological polar surface area (TPSA) is 93.7 Å². The highest BCUT2D eigenvalue weighted by molar-refractivity contribution is 5.98. The molecule has 0 unspecified atom stereocenters. The highest BCUT2D eigenvalue weighted by atomic mass is 19.4. The van der Waals surface area contributed by atoms with Gasteiger partial charge in [0.25, 0.3) is 5.91 Å². The maximum Gasteiger partial charge on any atom is 0.573 e. The van der Waals surface area contributed by atoms with Crippen molar-refractivity contribution in [2.24, 2.45) is 0 Å². The fourth-order valence-electron chi connectivity index (χ4n) is 2.58. The molecule has 1 aromatic carbocycles. The van der Waals surface area contributed by atoms with Crippen molar-refractivity contribution in [3.63, 3.8) is 0 Å². The molecule has 1 fully saturated rings. The normalized spacial score (nSPS) is 15.7. The summed E-state index contributed by atoms with van der Waals surface area (Å²) in [6, 6.07) is 3.40. The van der Waals surface area contributed by atoms with E-state index in [1.807, 2.05) is 0 Å². The van der Waals surface area contributed by atoms with Gasteiger partial charge >= 0.3 is 18.4 Å². The molecule has 1 saturated carbocycles. The number of imide groups is 1. The Hall–Kier alpha value is -2.78. The van der Waals surface area contributed by atoms with E-state index in [2.05, 4.69) is 15.4 Å². The predicted octanol–water partition coefficient (Wildman–Crippen LogP) is 2.90. The number of benzene rings is 1. The molecular weight excluding hydrogens is 369 g/mol. The molecule has 7 nitrogen and oxygen atoms in total. The van der Waals surface area contributed by atoms with E-state index in [9.17, 15) is 27.6 Å². The van der Waals surface area contributed by atoms with Gasteiger partial charge in [-0.1, -0.05) is 12.8 Å². The van der Waals surface area contributed by atoms with Gasteiger partial charge in [0, 0.05) is 6.04 Å². The minimum absolute atomic E-state index is 0.0214. The minimum atomic E-state index is -4.84. The van der Waals surface area contributed by atoms with Crippen LogP contribution in [0.2, 0.25) is 0 Å². The standard InChI is InChI=1S/C17H19F3N2O5/c1-10(14(23)22-16(25)21-12-4-2-3-5-12)26-15(24)11-6-8-13(9-7-11)27-17(18,19)20/h6-10,12H,2-5H2,1H3,(H2,21,22,23,25)/t10-/m0/s1. The van der Waals surface area contributed by atoms with Crippen molar-refractivity contribution in [1.82, 2.24) is 10.6 Å². The van der Waals surface area contributed by atoms with Gasteiger partial charge in [-0.3, -0.25) is 10.1 Å². The smallest absolute Gasteiger partial charge is 0.449 e. The van der Waals surface area contributed by atoms with Crippen LogP contribution in [0.1, 0.15) is 43.0 Å². The molecular formula is C17H19F3N2O5. The minimum Gasteiger partial charge on any atom is -0.449 e. The number of carbonyl (C=O) groups is 3. The number of urea groups is 1. The lowest BCUT2D eigenvalue weighted by Crippen LogP contribution is -2.47. The number of nitrogens with one attached hydrogen (secondary N) is 2. The molecule has 0 saturated heterocycles. The third kappa shape index (κ3) is 6.80. The molecule has 0 aromatic heterocycles. The Bertz CT molecular complexity index is 685. The second kappa shape index (κ2) is 8.74. The van der Waals surface area contributed by atoms with Gasteiger partial charge in [-0.2, -0.15) is 0 Å². The molecule has 10 heteroatoms. The van der Waals surface area contributed by atoms with Crippen LogP contribution in [0.4, 0.5) is 18.0 Å². The average molecular weight is 388 g/mol. The molecule has 0 spiro atoms. The summed E-state index contributed by atoms with van der Waals surface area (Å²) < 4.78 is 44.9. The average Bonchev–Trinajstić information content (AvgIpc) is 3.06. The Morgan fingerprint density at radius 2 is 1.70 bits per heavy atom. The predicted molar refractivity (Wildman–Crippen MR) is 86.9 cm³/mol. The van der Waals surface area contributed by atoms with Crippen LogP contribution >= 0.6 is 0 Å². The molecule has 148 valence electrons. The molecule has 0 aliphatic heterocycles. The van der Waals surface area contributed by atoms with E-state index in [0.717, 1.165) is 49.9 Å². The first-order chi connectivity index (χ1) is 12.6. The van der Waals surface area contributed by atoms with Crippen LogP contribution in [0.25, 0.3) is 0 Å². The second-order valence-corrected chi connectivity index (χ2v) is 6.06. The quantitative estimate of drug-likeness (QED) is 0.757. The molecule has 1 aliphatic rings. The van der Waals surface area contributed by atoms with E-state index in [1.165, 1.54) is 6.92 Å². The Morgan fingerprint density at radius 3 is 2.26 bits per heavy atom. The van der Waals surface area contributed by atoms with Gasteiger partial charge in [0.2, 0.25) is 0 Å². The van der Waals surface area contributed by atoms with Crippen molar-refractivity contribution in [3.05, 3.63) is 29.8 Å². The van der Waals surface area contributed by atoms with Crippen LogP contribution in [-0.4, -0.2) is 36.4 Å². The van der Waals surface area contributed by atoms with Crippen molar-refractivity contribution in [2.45, 2.75) is 51.1 Å². The first-order valence-electron chi connectivity index (χ1n) is 8.32. The van der Waals surface area contributed by atoms with Crippen LogP contribution in [-0.2, 0) is 9.53 Å². The molecule has 0 heterocycles. The highest BCUT2D eigenvalue weighted by Gasteiger charge is 2.31. The van der Waals surface area contributed by atoms with Crippen molar-refractivity contribution in [2.75, 3.05) is 0 Å². The van der Waals surface area contributed by atoms with Crippen molar-refractivity contribution in [1.29, 1.82) is 0 Å². The summed E-state index contributed by atoms with van der Waals surface area (Å²) in [5.41, 5.74) is -0.0698. The van der Waals surface area contributed by atoms with Crippen LogP contribution in [0.5, 0.6) is 5.75 Å². The molecule has 1 aromatic rings. The number of hydrogen-bond donors (Lipinski definition) is 2. The Labute approximate surface area is 153 Å². The van der Waals surface area contributed by atoms with Gasteiger partial charge in [0.05, 0.1) is 5.56 Å². The van der Waals surface area contributed by atoms with Crippen LogP contribution in [0.3, 0.4) is 0 Å². The van der Waals surface area contributed by atoms with E-state index < -0.39 is 36.1 Å². The summed E-state index contributed by atoms with van der Waals surface area (Å²) in [6.45, 7) is 1.28. The highest BCUT2D eigenvalue weighted by Crippen LogP contribution is 2.23. The van der Waals surface area contributed by atoms with Crippen LogP contribution in [0.15, 0.2) is 24.3 Å². The number of ether oxygens (including phenoxy) is 2. The number of rotatable bonds is 5. The zero-order valence-corrected chi connectivity index (χ0v) is 14.5. The SMILES string of the molecule is C[C@H](OC(=O)c1ccc(OC(F)(F)F)cc1)C(=O)NC(=O)NC1CCCC1. The van der Waals surface area contributed by atoms with Crippen molar-refractivity contribution < 1.29 is 37.0 Å². The molecule has 27 heavy (non-hydrogen) atoms. The van der Waals surface area contributed by atoms with Gasteiger partial charge in [0.1, 0.15) is 5.75 Å². The molecule has 3 amide bonds. The van der Waals surface area contributed by atoms with E-state index in [1.54, 1.807) is 0 Å². The summed E-state index contributed by atoms with van der Waals surface area (Å²) in [4.78, 5) is 35.6. The lowest BCUT2D eigenvalue weighted by Gasteiger charge is -2.15. The van der Waals surface area contributed by atoms with Crippen molar-refractivity contribution >= 4 is 17.9 Å². The second-order valence-electron chi connectivity index (χ2n) is 6.06. The fourth-order valence-corrected chi connectivity index (χ4v) is 2.58. The lowest BCUT2D eigenvalue weighted by molar-refractivity contribution is -0.274. The third-order valence-corrected chi connectivity index (χ3v) is 3.90. The Morgan fingerprint density at radius 1 is 1.11 bits per heavy atom. The molecule has 0 radical (unpaired) electrons. The number of carbonyl (C=O) groups excluding carboxylic acids is 3. The summed E-state index contributed by atoms with van der Waals surface area (Å²) in [6.07, 6.45) is -2.38. The largest absolute Gasteiger partial charge is 0.573 e. The fraction of sp³-hybridized carbons (Fsp3) is 0.471. The van der Waals surface area contributed by atoms with E-state index in [4.69, 9.17) is 4.74 Å². The first kappa shape index (κ1) is 20.5. The number of halogens is 3. The van der Waals surface area contributed by atoms with Crippen LogP contribution < -0.4 is 15.4 Å². The summed E-state index contributed by atoms with van der Waals surface area (Å²) in [7, 11) is 0. The van der Waals surface area contributed by atoms with E-state index in [0.29, 0.717) is 0 Å². The number of esters is 1. The first-order valence-corrected chi connectivity index (χ1v) is 8.32. The molecule has 1 aliphatic carbocycles. The number of hydrogen-bond acceptors (Lipinski definition) is 5. The number of amides is 3. The van der Waals surface area contributed by atoms with Gasteiger partial charge in [0.15, 0.2) is 6.10 Å². The van der Waals surface area contributed by atoms with Gasteiger partial charge in [-0.15, -0.1) is 13.2 Å². The third-order valence-electron chi connectivity index (χ3n) is 3.90. The molecule has 2 rings (SSSR count). The number of alkyl halides is 3. The van der Waals surface area contributed by atoms with Gasteiger partial charge in [-0.05, 0) is 44.0 Å². The van der Waals surface area contributed by atoms with Crippen LogP contribution in [0, 0.1) is 0 Å². The van der Waals surface area contributed by atoms with Gasteiger partial charge in [-0.25, -0.2) is 9.59 Å². The summed E-state index contributed by atoms with van der Waals surface area (Å²) in [5, 5.41) is 4.74. The summed E-state index contributed by atoms with van der Waals surface area (Å²) in [5.74, 6) is -2.23. The lowest BCUT2D eigenvalue weighted by atomic mass is 10.2. The summed E-state index contributed by atoms with van der Waals surface area (Å²) >= 11 is 0. The Balaban J connectivity index is 1.83. The molecule has 1 atom stereocenters. The zero-order chi connectivity index (χ0) is 20.0. The van der Waals surface area contributed by atoms with E-state index in [-0.39, 0.29) is 11.6 Å². The molecule has 2 N–H and O–H groups in total. The molecule has 0 bridgehead atoms. The maximum absolute atomic E-state index is 12.1. The van der Waals surface area contributed by atoms with E-state index >= 15 is 0 Å². The van der Waals surface area contributed by atoms with Gasteiger partial charge < -0.3 is 14.8 Å². The Kier molecular flexibility index (Phi) is 6.65.